The highest BCUT2D eigenvalue weighted by Gasteiger charge is 2.34. The molecule has 0 aliphatic heterocycles. The van der Waals surface area contributed by atoms with Crippen LogP contribution >= 0.6 is 0 Å². The number of carbonyl (C=O) groups is 1. The minimum Gasteiger partial charge on any atom is -0.344 e. The van der Waals surface area contributed by atoms with E-state index in [0.717, 1.165) is 25.7 Å². The molecule has 13 heavy (non-hydrogen) atoms. The van der Waals surface area contributed by atoms with E-state index in [-0.39, 0.29) is 12.5 Å². The molecule has 0 spiro atoms. The van der Waals surface area contributed by atoms with Crippen LogP contribution in [0.15, 0.2) is 0 Å². The number of hydrogen-bond donors (Lipinski definition) is 2. The molecule has 0 aromatic carbocycles. The number of amides is 1. The van der Waals surface area contributed by atoms with Gasteiger partial charge in [0.2, 0.25) is 5.91 Å². The van der Waals surface area contributed by atoms with Crippen LogP contribution in [0.1, 0.15) is 32.1 Å². The third kappa shape index (κ3) is 2.46. The van der Waals surface area contributed by atoms with Gasteiger partial charge in [-0.15, -0.1) is 6.42 Å². The minimum atomic E-state index is -0.658. The number of hydrogen-bond acceptors (Lipinski definition) is 2. The Bertz CT molecular complexity index is 224. The number of nitrogens with one attached hydrogen (secondary N) is 1. The second-order valence-corrected chi connectivity index (χ2v) is 3.60. The molecule has 3 nitrogen and oxygen atoms in total. The van der Waals surface area contributed by atoms with Gasteiger partial charge in [-0.1, -0.05) is 25.2 Å². The average molecular weight is 180 g/mol. The molecule has 1 saturated carbocycles. The third-order valence-corrected chi connectivity index (χ3v) is 2.55. The molecule has 1 amide bonds. The van der Waals surface area contributed by atoms with Gasteiger partial charge in [0.05, 0.1) is 12.1 Å². The van der Waals surface area contributed by atoms with Crippen LogP contribution in [0, 0.1) is 12.3 Å². The SMILES string of the molecule is C#CCNC(=O)C1(N)CCCCC1. The van der Waals surface area contributed by atoms with Crippen molar-refractivity contribution in [2.75, 3.05) is 6.54 Å². The second kappa shape index (κ2) is 4.29. The van der Waals surface area contributed by atoms with Crippen molar-refractivity contribution in [2.45, 2.75) is 37.6 Å². The summed E-state index contributed by atoms with van der Waals surface area (Å²) in [4.78, 5) is 11.5. The first-order valence-electron chi connectivity index (χ1n) is 4.70. The van der Waals surface area contributed by atoms with Crippen molar-refractivity contribution in [3.8, 4) is 12.3 Å². The lowest BCUT2D eigenvalue weighted by molar-refractivity contribution is -0.127. The molecule has 3 N–H and O–H groups in total. The van der Waals surface area contributed by atoms with Gasteiger partial charge in [0.1, 0.15) is 0 Å². The van der Waals surface area contributed by atoms with Crippen molar-refractivity contribution in [1.29, 1.82) is 0 Å². The Hall–Kier alpha value is -1.01. The molecule has 1 rings (SSSR count). The van der Waals surface area contributed by atoms with Crippen LogP contribution in [-0.2, 0) is 4.79 Å². The first kappa shape index (κ1) is 10.1. The Balaban J connectivity index is 2.47. The Morgan fingerprint density at radius 3 is 2.62 bits per heavy atom. The van der Waals surface area contributed by atoms with Gasteiger partial charge in [0, 0.05) is 0 Å². The lowest BCUT2D eigenvalue weighted by atomic mass is 9.82. The Kier molecular flexibility index (Phi) is 3.32. The highest BCUT2D eigenvalue weighted by atomic mass is 16.2. The molecule has 0 aromatic heterocycles. The van der Waals surface area contributed by atoms with E-state index in [1.54, 1.807) is 0 Å². The maximum absolute atomic E-state index is 11.5. The zero-order valence-electron chi connectivity index (χ0n) is 7.81. The van der Waals surface area contributed by atoms with Gasteiger partial charge in [-0.25, -0.2) is 0 Å². The van der Waals surface area contributed by atoms with Crippen LogP contribution < -0.4 is 11.1 Å². The molecule has 0 bridgehead atoms. The largest absolute Gasteiger partial charge is 0.344 e. The first-order valence-corrected chi connectivity index (χ1v) is 4.70. The Morgan fingerprint density at radius 1 is 1.46 bits per heavy atom. The molecular weight excluding hydrogens is 164 g/mol. The maximum Gasteiger partial charge on any atom is 0.240 e. The summed E-state index contributed by atoms with van der Waals surface area (Å²) in [7, 11) is 0. The number of carbonyl (C=O) groups excluding carboxylic acids is 1. The highest BCUT2D eigenvalue weighted by Crippen LogP contribution is 2.25. The van der Waals surface area contributed by atoms with E-state index in [4.69, 9.17) is 12.2 Å². The summed E-state index contributed by atoms with van der Waals surface area (Å²) in [6.45, 7) is 0.276. The van der Waals surface area contributed by atoms with Crippen molar-refractivity contribution in [3.63, 3.8) is 0 Å². The zero-order chi connectivity index (χ0) is 9.73. The first-order chi connectivity index (χ1) is 6.19. The molecule has 0 radical (unpaired) electrons. The van der Waals surface area contributed by atoms with E-state index in [9.17, 15) is 4.79 Å². The van der Waals surface area contributed by atoms with E-state index < -0.39 is 5.54 Å². The van der Waals surface area contributed by atoms with E-state index in [1.165, 1.54) is 6.42 Å². The van der Waals surface area contributed by atoms with Crippen molar-refractivity contribution in [3.05, 3.63) is 0 Å². The Labute approximate surface area is 79.1 Å². The van der Waals surface area contributed by atoms with Gasteiger partial charge >= 0.3 is 0 Å². The molecule has 0 aromatic rings. The quantitative estimate of drug-likeness (QED) is 0.604. The standard InChI is InChI=1S/C10H16N2O/c1-2-8-12-9(13)10(11)6-4-3-5-7-10/h1H,3-8,11H2,(H,12,13). The van der Waals surface area contributed by atoms with Crippen LogP contribution in [0.5, 0.6) is 0 Å². The van der Waals surface area contributed by atoms with Crippen molar-refractivity contribution in [2.24, 2.45) is 5.73 Å². The minimum absolute atomic E-state index is 0.0925. The second-order valence-electron chi connectivity index (χ2n) is 3.60. The zero-order valence-corrected chi connectivity index (χ0v) is 7.81. The van der Waals surface area contributed by atoms with Gasteiger partial charge in [-0.2, -0.15) is 0 Å². The number of terminal acetylenes is 1. The summed E-state index contributed by atoms with van der Waals surface area (Å²) >= 11 is 0. The van der Waals surface area contributed by atoms with Crippen molar-refractivity contribution >= 4 is 5.91 Å². The molecule has 1 fully saturated rings. The third-order valence-electron chi connectivity index (χ3n) is 2.55. The van der Waals surface area contributed by atoms with Crippen LogP contribution in [-0.4, -0.2) is 18.0 Å². The summed E-state index contributed by atoms with van der Waals surface area (Å²) in [5, 5.41) is 2.64. The van der Waals surface area contributed by atoms with Crippen LogP contribution in [0.2, 0.25) is 0 Å². The van der Waals surface area contributed by atoms with E-state index in [0.29, 0.717) is 0 Å². The van der Waals surface area contributed by atoms with E-state index in [1.807, 2.05) is 0 Å². The maximum atomic E-state index is 11.5. The van der Waals surface area contributed by atoms with Gasteiger partial charge in [0.25, 0.3) is 0 Å². The topological polar surface area (TPSA) is 55.1 Å². The molecule has 0 atom stereocenters. The van der Waals surface area contributed by atoms with Crippen molar-refractivity contribution < 1.29 is 4.79 Å². The Morgan fingerprint density at radius 2 is 2.08 bits per heavy atom. The molecule has 0 saturated heterocycles. The van der Waals surface area contributed by atoms with Crippen molar-refractivity contribution in [1.82, 2.24) is 5.32 Å². The molecule has 1 aliphatic carbocycles. The highest BCUT2D eigenvalue weighted by molar-refractivity contribution is 5.86. The monoisotopic (exact) mass is 180 g/mol. The molecule has 3 heteroatoms. The molecule has 0 heterocycles. The van der Waals surface area contributed by atoms with Gasteiger partial charge in [-0.3, -0.25) is 4.79 Å². The fraction of sp³-hybridized carbons (Fsp3) is 0.700. The van der Waals surface area contributed by atoms with Crippen LogP contribution in [0.4, 0.5) is 0 Å². The molecule has 0 unspecified atom stereocenters. The lowest BCUT2D eigenvalue weighted by Crippen LogP contribution is -2.55. The van der Waals surface area contributed by atoms with E-state index >= 15 is 0 Å². The molecular formula is C10H16N2O. The predicted octanol–water partition coefficient (Wildman–Crippen LogP) is 0.397. The summed E-state index contributed by atoms with van der Waals surface area (Å²) in [5.41, 5.74) is 5.31. The van der Waals surface area contributed by atoms with Gasteiger partial charge in [-0.05, 0) is 12.8 Å². The smallest absolute Gasteiger partial charge is 0.240 e. The predicted molar refractivity (Wildman–Crippen MR) is 51.8 cm³/mol. The summed E-state index contributed by atoms with van der Waals surface area (Å²) < 4.78 is 0. The van der Waals surface area contributed by atoms with E-state index in [2.05, 4.69) is 11.2 Å². The van der Waals surface area contributed by atoms with Crippen LogP contribution in [0.25, 0.3) is 0 Å². The fourth-order valence-electron chi connectivity index (χ4n) is 1.72. The number of nitrogens with two attached hydrogens (primary N) is 1. The summed E-state index contributed by atoms with van der Waals surface area (Å²) in [6, 6.07) is 0. The summed E-state index contributed by atoms with van der Waals surface area (Å²) in [5.74, 6) is 2.27. The molecule has 72 valence electrons. The average Bonchev–Trinajstić information content (AvgIpc) is 2.15. The van der Waals surface area contributed by atoms with Gasteiger partial charge < -0.3 is 11.1 Å². The normalized spacial score (nSPS) is 20.3. The lowest BCUT2D eigenvalue weighted by Gasteiger charge is -2.31. The number of rotatable bonds is 2. The van der Waals surface area contributed by atoms with Gasteiger partial charge in [0.15, 0.2) is 0 Å². The fourth-order valence-corrected chi connectivity index (χ4v) is 1.72. The van der Waals surface area contributed by atoms with Crippen LogP contribution in [0.3, 0.4) is 0 Å². The summed E-state index contributed by atoms with van der Waals surface area (Å²) in [6.07, 6.45) is 9.87. The molecule has 1 aliphatic rings.